The van der Waals surface area contributed by atoms with Crippen molar-refractivity contribution in [2.75, 3.05) is 18.0 Å². The molecule has 4 heteroatoms. The summed E-state index contributed by atoms with van der Waals surface area (Å²) >= 11 is 0. The molecule has 90 valence electrons. The summed E-state index contributed by atoms with van der Waals surface area (Å²) in [6.45, 7) is 1.58. The predicted octanol–water partition coefficient (Wildman–Crippen LogP) is 1.47. The molecule has 3 nitrogen and oxygen atoms in total. The Labute approximate surface area is 99.6 Å². The molecule has 1 saturated heterocycles. The molecule has 2 aliphatic rings. The van der Waals surface area contributed by atoms with Gasteiger partial charge in [-0.05, 0) is 43.5 Å². The standard InChI is InChI=1S/C13H15FN2O/c14-10-4-3-9-5-7-16(12(9)8-10)13(17)11-2-1-6-15-11/h3-4,8,11,15H,1-2,5-7H2/t11-/m0/s1. The van der Waals surface area contributed by atoms with Crippen LogP contribution in [0.2, 0.25) is 0 Å². The second-order valence-electron chi connectivity index (χ2n) is 4.66. The molecule has 1 atom stereocenters. The molecule has 0 bridgehead atoms. The molecule has 1 aromatic carbocycles. The van der Waals surface area contributed by atoms with Gasteiger partial charge in [-0.1, -0.05) is 6.07 Å². The number of hydrogen-bond donors (Lipinski definition) is 1. The third-order valence-electron chi connectivity index (χ3n) is 3.57. The van der Waals surface area contributed by atoms with E-state index in [1.807, 2.05) is 0 Å². The molecule has 1 fully saturated rings. The van der Waals surface area contributed by atoms with Crippen LogP contribution in [0.4, 0.5) is 10.1 Å². The molecule has 3 rings (SSSR count). The van der Waals surface area contributed by atoms with Gasteiger partial charge in [0.2, 0.25) is 5.91 Å². The van der Waals surface area contributed by atoms with Gasteiger partial charge >= 0.3 is 0 Å². The number of rotatable bonds is 1. The Kier molecular flexibility index (Phi) is 2.59. The van der Waals surface area contributed by atoms with Crippen molar-refractivity contribution in [2.45, 2.75) is 25.3 Å². The summed E-state index contributed by atoms with van der Waals surface area (Å²) in [6.07, 6.45) is 2.76. The van der Waals surface area contributed by atoms with Crippen LogP contribution in [-0.4, -0.2) is 25.0 Å². The molecule has 1 N–H and O–H groups in total. The van der Waals surface area contributed by atoms with E-state index in [1.165, 1.54) is 12.1 Å². The fourth-order valence-corrected chi connectivity index (χ4v) is 2.66. The fourth-order valence-electron chi connectivity index (χ4n) is 2.66. The fraction of sp³-hybridized carbons (Fsp3) is 0.462. The number of fused-ring (bicyclic) bond motifs is 1. The van der Waals surface area contributed by atoms with Gasteiger partial charge in [0.1, 0.15) is 5.82 Å². The number of benzene rings is 1. The Bertz CT molecular complexity index is 455. The van der Waals surface area contributed by atoms with E-state index in [0.29, 0.717) is 6.54 Å². The molecular weight excluding hydrogens is 219 g/mol. The molecule has 0 spiro atoms. The highest BCUT2D eigenvalue weighted by molar-refractivity contribution is 5.99. The Hall–Kier alpha value is -1.42. The molecule has 2 aliphatic heterocycles. The molecule has 2 heterocycles. The van der Waals surface area contributed by atoms with Gasteiger partial charge < -0.3 is 10.2 Å². The minimum Gasteiger partial charge on any atom is -0.310 e. The summed E-state index contributed by atoms with van der Waals surface area (Å²) in [5.74, 6) is -0.185. The first-order valence-electron chi connectivity index (χ1n) is 6.09. The van der Waals surface area contributed by atoms with Crippen LogP contribution in [0.5, 0.6) is 0 Å². The molecule has 0 radical (unpaired) electrons. The number of carbonyl (C=O) groups excluding carboxylic acids is 1. The first-order chi connectivity index (χ1) is 8.25. The molecule has 1 aromatic rings. The third-order valence-corrected chi connectivity index (χ3v) is 3.57. The van der Waals surface area contributed by atoms with Gasteiger partial charge in [-0.3, -0.25) is 4.79 Å². The van der Waals surface area contributed by atoms with Gasteiger partial charge in [-0.15, -0.1) is 0 Å². The zero-order valence-corrected chi connectivity index (χ0v) is 9.58. The molecule has 0 saturated carbocycles. The van der Waals surface area contributed by atoms with Crippen molar-refractivity contribution in [3.8, 4) is 0 Å². The van der Waals surface area contributed by atoms with E-state index < -0.39 is 0 Å². The number of carbonyl (C=O) groups is 1. The van der Waals surface area contributed by atoms with Crippen molar-refractivity contribution in [3.05, 3.63) is 29.6 Å². The lowest BCUT2D eigenvalue weighted by molar-refractivity contribution is -0.120. The van der Waals surface area contributed by atoms with Gasteiger partial charge in [0.15, 0.2) is 0 Å². The van der Waals surface area contributed by atoms with Crippen LogP contribution in [0.3, 0.4) is 0 Å². The smallest absolute Gasteiger partial charge is 0.244 e. The van der Waals surface area contributed by atoms with Crippen molar-refractivity contribution in [3.63, 3.8) is 0 Å². The molecular formula is C13H15FN2O. The number of hydrogen-bond acceptors (Lipinski definition) is 2. The van der Waals surface area contributed by atoms with Gasteiger partial charge in [-0.2, -0.15) is 0 Å². The van der Waals surface area contributed by atoms with Crippen molar-refractivity contribution < 1.29 is 9.18 Å². The van der Waals surface area contributed by atoms with Crippen LogP contribution in [0, 0.1) is 5.82 Å². The van der Waals surface area contributed by atoms with E-state index in [1.54, 1.807) is 11.0 Å². The second-order valence-corrected chi connectivity index (χ2v) is 4.66. The average molecular weight is 234 g/mol. The van der Waals surface area contributed by atoms with Crippen LogP contribution < -0.4 is 10.2 Å². The van der Waals surface area contributed by atoms with Gasteiger partial charge in [-0.25, -0.2) is 4.39 Å². The minimum absolute atomic E-state index is 0.0794. The number of anilines is 1. The van der Waals surface area contributed by atoms with Crippen molar-refractivity contribution >= 4 is 11.6 Å². The van der Waals surface area contributed by atoms with Crippen molar-refractivity contribution in [2.24, 2.45) is 0 Å². The maximum absolute atomic E-state index is 13.2. The van der Waals surface area contributed by atoms with Crippen LogP contribution in [0.15, 0.2) is 18.2 Å². The Morgan fingerprint density at radius 2 is 2.35 bits per heavy atom. The number of nitrogens with one attached hydrogen (secondary N) is 1. The molecule has 0 unspecified atom stereocenters. The largest absolute Gasteiger partial charge is 0.310 e. The highest BCUT2D eigenvalue weighted by atomic mass is 19.1. The predicted molar refractivity (Wildman–Crippen MR) is 63.5 cm³/mol. The summed E-state index contributed by atoms with van der Waals surface area (Å²) in [5.41, 5.74) is 1.82. The highest BCUT2D eigenvalue weighted by Gasteiger charge is 2.31. The summed E-state index contributed by atoms with van der Waals surface area (Å²) < 4.78 is 13.2. The Morgan fingerprint density at radius 3 is 3.12 bits per heavy atom. The number of nitrogens with zero attached hydrogens (tertiary/aromatic N) is 1. The second kappa shape index (κ2) is 4.11. The van der Waals surface area contributed by atoms with Gasteiger partial charge in [0.25, 0.3) is 0 Å². The first-order valence-corrected chi connectivity index (χ1v) is 6.09. The maximum Gasteiger partial charge on any atom is 0.244 e. The quantitative estimate of drug-likeness (QED) is 0.798. The van der Waals surface area contributed by atoms with E-state index in [-0.39, 0.29) is 17.8 Å². The van der Waals surface area contributed by atoms with E-state index >= 15 is 0 Å². The lowest BCUT2D eigenvalue weighted by atomic mass is 10.1. The molecule has 0 aliphatic carbocycles. The van der Waals surface area contributed by atoms with E-state index in [2.05, 4.69) is 5.32 Å². The lowest BCUT2D eigenvalue weighted by Crippen LogP contribution is -2.42. The van der Waals surface area contributed by atoms with Gasteiger partial charge in [0.05, 0.1) is 6.04 Å². The van der Waals surface area contributed by atoms with Crippen LogP contribution in [0.1, 0.15) is 18.4 Å². The van der Waals surface area contributed by atoms with Crippen LogP contribution in [-0.2, 0) is 11.2 Å². The summed E-state index contributed by atoms with van der Waals surface area (Å²) in [7, 11) is 0. The Morgan fingerprint density at radius 1 is 1.47 bits per heavy atom. The maximum atomic E-state index is 13.2. The number of halogens is 1. The monoisotopic (exact) mass is 234 g/mol. The highest BCUT2D eigenvalue weighted by Crippen LogP contribution is 2.29. The lowest BCUT2D eigenvalue weighted by Gasteiger charge is -2.21. The topological polar surface area (TPSA) is 32.3 Å². The van der Waals surface area contributed by atoms with Gasteiger partial charge in [0, 0.05) is 12.2 Å². The van der Waals surface area contributed by atoms with E-state index in [9.17, 15) is 9.18 Å². The summed E-state index contributed by atoms with van der Waals surface area (Å²) in [5, 5.41) is 3.19. The van der Waals surface area contributed by atoms with Crippen molar-refractivity contribution in [1.29, 1.82) is 0 Å². The normalized spacial score (nSPS) is 22.9. The van der Waals surface area contributed by atoms with E-state index in [4.69, 9.17) is 0 Å². The first kappa shape index (κ1) is 10.7. The molecule has 0 aromatic heterocycles. The van der Waals surface area contributed by atoms with E-state index in [0.717, 1.165) is 37.1 Å². The SMILES string of the molecule is O=C([C@@H]1CCCN1)N1CCc2ccc(F)cc21. The zero-order chi connectivity index (χ0) is 11.8. The Balaban J connectivity index is 1.87. The van der Waals surface area contributed by atoms with Crippen molar-refractivity contribution in [1.82, 2.24) is 5.32 Å². The van der Waals surface area contributed by atoms with Crippen LogP contribution >= 0.6 is 0 Å². The zero-order valence-electron chi connectivity index (χ0n) is 9.58. The molecule has 1 amide bonds. The minimum atomic E-state index is -0.275. The third kappa shape index (κ3) is 1.82. The van der Waals surface area contributed by atoms with Crippen LogP contribution in [0.25, 0.3) is 0 Å². The summed E-state index contributed by atoms with van der Waals surface area (Å²) in [6, 6.07) is 4.62. The molecule has 17 heavy (non-hydrogen) atoms. The number of amides is 1. The summed E-state index contributed by atoms with van der Waals surface area (Å²) in [4.78, 5) is 14.0. The average Bonchev–Trinajstić information content (AvgIpc) is 2.97.